The smallest absolute Gasteiger partial charge is 0.221 e. The molecule has 0 heterocycles. The predicted molar refractivity (Wildman–Crippen MR) is 104 cm³/mol. The van der Waals surface area contributed by atoms with Crippen molar-refractivity contribution in [2.75, 3.05) is 50.3 Å². The number of carbonyl (C=O) groups is 1. The van der Waals surface area contributed by atoms with Crippen LogP contribution in [-0.4, -0.2) is 56.2 Å². The summed E-state index contributed by atoms with van der Waals surface area (Å²) in [6.45, 7) is 1.15. The lowest BCUT2D eigenvalue weighted by atomic mass is 10.4. The van der Waals surface area contributed by atoms with Gasteiger partial charge >= 0.3 is 0 Å². The summed E-state index contributed by atoms with van der Waals surface area (Å²) in [5.41, 5.74) is 0. The second kappa shape index (κ2) is 14.6. The van der Waals surface area contributed by atoms with Gasteiger partial charge in [0, 0.05) is 44.2 Å². The molecule has 3 N–H and O–H groups in total. The van der Waals surface area contributed by atoms with Gasteiger partial charge < -0.3 is 5.32 Å². The Hall–Kier alpha value is 1.02. The number of carbonyl (C=O) groups excluding carboxylic acids is 1. The second-order valence-corrected chi connectivity index (χ2v) is 12.0. The van der Waals surface area contributed by atoms with Crippen LogP contribution in [0.25, 0.3) is 0 Å². The molecule has 0 radical (unpaired) electrons. The van der Waals surface area contributed by atoms with Crippen molar-refractivity contribution in [1.29, 1.82) is 0 Å². The van der Waals surface area contributed by atoms with E-state index in [-0.39, 0.29) is 5.91 Å². The molecule has 0 aliphatic carbocycles. The maximum absolute atomic E-state index is 12.8. The van der Waals surface area contributed by atoms with Crippen LogP contribution in [0.5, 0.6) is 0 Å². The highest BCUT2D eigenvalue weighted by molar-refractivity contribution is 8.76. The van der Waals surface area contributed by atoms with E-state index in [9.17, 15) is 9.36 Å². The van der Waals surface area contributed by atoms with Crippen molar-refractivity contribution in [1.82, 2.24) is 15.5 Å². The van der Waals surface area contributed by atoms with Crippen molar-refractivity contribution in [2.24, 2.45) is 0 Å². The van der Waals surface area contributed by atoms with Gasteiger partial charge in [0.05, 0.1) is 0 Å². The Balaban J connectivity index is 4.16. The Morgan fingerprint density at radius 2 is 1.67 bits per heavy atom. The third-order valence-corrected chi connectivity index (χ3v) is 8.61. The molecule has 1 atom stereocenters. The van der Waals surface area contributed by atoms with Crippen molar-refractivity contribution in [3.63, 3.8) is 0 Å². The van der Waals surface area contributed by atoms with Gasteiger partial charge in [0.2, 0.25) is 13.4 Å². The van der Waals surface area contributed by atoms with Gasteiger partial charge in [-0.3, -0.25) is 19.5 Å². The predicted octanol–water partition coefficient (Wildman–Crippen LogP) is 2.91. The summed E-state index contributed by atoms with van der Waals surface area (Å²) < 4.78 is 12.8. The minimum atomic E-state index is -2.59. The molecule has 0 aliphatic rings. The number of amides is 1. The van der Waals surface area contributed by atoms with E-state index in [0.717, 1.165) is 17.9 Å². The first kappa shape index (κ1) is 22.0. The van der Waals surface area contributed by atoms with Crippen molar-refractivity contribution >= 4 is 56.5 Å². The topological polar surface area (TPSA) is 70.2 Å². The van der Waals surface area contributed by atoms with E-state index in [1.165, 1.54) is 0 Å². The number of hydrogen-bond donors (Lipinski definition) is 3. The Labute approximate surface area is 144 Å². The van der Waals surface area contributed by atoms with Gasteiger partial charge in [-0.05, 0) is 18.9 Å². The fourth-order valence-corrected chi connectivity index (χ4v) is 6.20. The molecular formula is C11H26N3O2PS4. The molecule has 0 saturated carbocycles. The maximum atomic E-state index is 12.8. The monoisotopic (exact) mass is 391 g/mol. The fraction of sp³-hybridized carbons (Fsp3) is 0.909. The van der Waals surface area contributed by atoms with Gasteiger partial charge in [-0.2, -0.15) is 0 Å². The maximum Gasteiger partial charge on any atom is 0.221 e. The molecule has 0 aromatic heterocycles. The Bertz CT molecular complexity index is 308. The van der Waals surface area contributed by atoms with Crippen LogP contribution in [-0.2, 0) is 9.36 Å². The van der Waals surface area contributed by atoms with E-state index in [2.05, 4.69) is 15.5 Å². The molecule has 1 amide bonds. The van der Waals surface area contributed by atoms with Crippen molar-refractivity contribution in [2.45, 2.75) is 12.8 Å². The van der Waals surface area contributed by atoms with E-state index in [0.29, 0.717) is 25.7 Å². The van der Waals surface area contributed by atoms with Crippen LogP contribution >= 0.6 is 50.6 Å². The van der Waals surface area contributed by atoms with Crippen molar-refractivity contribution in [3.05, 3.63) is 0 Å². The molecule has 0 aromatic rings. The first-order valence-corrected chi connectivity index (χ1v) is 14.0. The Kier molecular flexibility index (Phi) is 15.3. The van der Waals surface area contributed by atoms with E-state index in [1.807, 2.05) is 12.5 Å². The van der Waals surface area contributed by atoms with Crippen LogP contribution in [0.3, 0.4) is 0 Å². The standard InChI is InChI=1S/C11H26N3O2PS4/c1-12-11(15)5-6-13-17(16,8-4-9-20-18-2)14-7-10-21-19-3/h4-10H2,1-3H3,(H,12,15)(H2,13,14,16). The van der Waals surface area contributed by atoms with Crippen molar-refractivity contribution < 1.29 is 9.36 Å². The average molecular weight is 392 g/mol. The molecule has 126 valence electrons. The number of hydrogen-bond acceptors (Lipinski definition) is 6. The summed E-state index contributed by atoms with van der Waals surface area (Å²) in [5, 5.41) is 8.80. The van der Waals surface area contributed by atoms with Crippen LogP contribution in [0.1, 0.15) is 12.8 Å². The van der Waals surface area contributed by atoms with Crippen LogP contribution in [0.4, 0.5) is 0 Å². The van der Waals surface area contributed by atoms with E-state index in [1.54, 1.807) is 50.2 Å². The second-order valence-electron chi connectivity index (χ2n) is 4.03. The van der Waals surface area contributed by atoms with Crippen LogP contribution in [0.15, 0.2) is 0 Å². The summed E-state index contributed by atoms with van der Waals surface area (Å²) in [7, 11) is 5.98. The van der Waals surface area contributed by atoms with Gasteiger partial charge in [-0.15, -0.1) is 0 Å². The first-order valence-electron chi connectivity index (χ1n) is 6.69. The molecule has 10 heteroatoms. The Morgan fingerprint density at radius 1 is 1.05 bits per heavy atom. The third-order valence-electron chi connectivity index (χ3n) is 2.49. The summed E-state index contributed by atoms with van der Waals surface area (Å²) in [5.74, 6) is 1.87. The number of rotatable bonds is 14. The van der Waals surface area contributed by atoms with Gasteiger partial charge in [0.25, 0.3) is 0 Å². The molecule has 0 spiro atoms. The molecule has 0 fully saturated rings. The first-order chi connectivity index (χ1) is 10.1. The van der Waals surface area contributed by atoms with E-state index >= 15 is 0 Å². The lowest BCUT2D eigenvalue weighted by molar-refractivity contribution is -0.120. The molecule has 5 nitrogen and oxygen atoms in total. The summed E-state index contributed by atoms with van der Waals surface area (Å²) in [6, 6.07) is 0. The zero-order valence-corrected chi connectivity index (χ0v) is 17.0. The Morgan fingerprint density at radius 3 is 2.29 bits per heavy atom. The highest BCUT2D eigenvalue weighted by Gasteiger charge is 2.20. The largest absolute Gasteiger partial charge is 0.359 e. The molecule has 0 aromatic carbocycles. The minimum absolute atomic E-state index is 0.0371. The molecule has 0 saturated heterocycles. The lowest BCUT2D eigenvalue weighted by Crippen LogP contribution is -2.30. The van der Waals surface area contributed by atoms with Gasteiger partial charge in [0.15, 0.2) is 0 Å². The zero-order valence-electron chi connectivity index (χ0n) is 12.8. The fourth-order valence-electron chi connectivity index (χ4n) is 1.47. The normalized spacial score (nSPS) is 13.9. The molecular weight excluding hydrogens is 365 g/mol. The van der Waals surface area contributed by atoms with Gasteiger partial charge in [-0.25, -0.2) is 0 Å². The summed E-state index contributed by atoms with van der Waals surface area (Å²) >= 11 is 0. The zero-order chi connectivity index (χ0) is 16.0. The van der Waals surface area contributed by atoms with E-state index < -0.39 is 7.44 Å². The van der Waals surface area contributed by atoms with Crippen LogP contribution in [0.2, 0.25) is 0 Å². The summed E-state index contributed by atoms with van der Waals surface area (Å²) in [6.07, 6.45) is 5.95. The highest BCUT2D eigenvalue weighted by Crippen LogP contribution is 2.37. The molecule has 21 heavy (non-hydrogen) atoms. The summed E-state index contributed by atoms with van der Waals surface area (Å²) in [4.78, 5) is 11.2. The molecule has 1 unspecified atom stereocenters. The number of nitrogens with one attached hydrogen (secondary N) is 3. The van der Waals surface area contributed by atoms with Crippen molar-refractivity contribution in [3.8, 4) is 0 Å². The third kappa shape index (κ3) is 13.2. The molecule has 0 rings (SSSR count). The van der Waals surface area contributed by atoms with Crippen LogP contribution in [0, 0.1) is 0 Å². The lowest BCUT2D eigenvalue weighted by Gasteiger charge is -2.20. The van der Waals surface area contributed by atoms with E-state index in [4.69, 9.17) is 0 Å². The van der Waals surface area contributed by atoms with Crippen LogP contribution < -0.4 is 15.5 Å². The van der Waals surface area contributed by atoms with Gasteiger partial charge in [0.1, 0.15) is 0 Å². The quantitative estimate of drug-likeness (QED) is 0.237. The van der Waals surface area contributed by atoms with Gasteiger partial charge in [-0.1, -0.05) is 43.2 Å². The average Bonchev–Trinajstić information content (AvgIpc) is 2.48. The minimum Gasteiger partial charge on any atom is -0.359 e. The SMILES string of the molecule is CNC(=O)CCNP(=O)(CCCSSC)NCCSSC. The molecule has 0 bridgehead atoms. The highest BCUT2D eigenvalue weighted by atomic mass is 33.1. The molecule has 0 aliphatic heterocycles.